The lowest BCUT2D eigenvalue weighted by Crippen LogP contribution is -2.41. The van der Waals surface area contributed by atoms with Crippen molar-refractivity contribution in [2.75, 3.05) is 5.32 Å². The van der Waals surface area contributed by atoms with Gasteiger partial charge in [0.25, 0.3) is 5.56 Å². The Hall–Kier alpha value is -3.07. The van der Waals surface area contributed by atoms with Gasteiger partial charge in [-0.25, -0.2) is 13.8 Å². The van der Waals surface area contributed by atoms with E-state index in [1.807, 2.05) is 30.3 Å². The second kappa shape index (κ2) is 7.75. The first-order chi connectivity index (χ1) is 13.6. The lowest BCUT2D eigenvalue weighted by molar-refractivity contribution is -0.144. The maximum atomic E-state index is 14.5. The molecule has 3 rings (SSSR count). The highest BCUT2D eigenvalue weighted by Gasteiger charge is 2.35. The lowest BCUT2D eigenvalue weighted by Gasteiger charge is -2.16. The van der Waals surface area contributed by atoms with Crippen LogP contribution in [0, 0.1) is 5.82 Å². The van der Waals surface area contributed by atoms with Crippen LogP contribution in [0.4, 0.5) is 23.2 Å². The molecule has 0 aliphatic heterocycles. The van der Waals surface area contributed by atoms with Gasteiger partial charge in [0.15, 0.2) is 0 Å². The predicted octanol–water partition coefficient (Wildman–Crippen LogP) is 3.96. The van der Waals surface area contributed by atoms with Gasteiger partial charge in [0.05, 0.1) is 16.4 Å². The molecule has 152 valence electrons. The number of anilines is 1. The minimum atomic E-state index is -4.91. The zero-order valence-corrected chi connectivity index (χ0v) is 15.7. The second-order valence-electron chi connectivity index (χ2n) is 6.17. The lowest BCUT2D eigenvalue weighted by atomic mass is 10.2. The van der Waals surface area contributed by atoms with Gasteiger partial charge in [-0.2, -0.15) is 13.2 Å². The van der Waals surface area contributed by atoms with Gasteiger partial charge < -0.3 is 5.32 Å². The molecule has 0 aliphatic carbocycles. The molecule has 0 amide bonds. The van der Waals surface area contributed by atoms with E-state index in [4.69, 9.17) is 11.6 Å². The van der Waals surface area contributed by atoms with E-state index >= 15 is 0 Å². The summed E-state index contributed by atoms with van der Waals surface area (Å²) in [6.45, 7) is 0.311. The van der Waals surface area contributed by atoms with Crippen molar-refractivity contribution in [3.8, 4) is 5.69 Å². The summed E-state index contributed by atoms with van der Waals surface area (Å²) in [5, 5.41) is 2.94. The van der Waals surface area contributed by atoms with Crippen LogP contribution in [0.15, 0.2) is 58.1 Å². The van der Waals surface area contributed by atoms with Crippen LogP contribution in [0.25, 0.3) is 5.69 Å². The van der Waals surface area contributed by atoms with Gasteiger partial charge in [0, 0.05) is 19.7 Å². The zero-order valence-electron chi connectivity index (χ0n) is 14.9. The van der Waals surface area contributed by atoms with Crippen molar-refractivity contribution in [1.29, 1.82) is 0 Å². The summed E-state index contributed by atoms with van der Waals surface area (Å²) < 4.78 is 54.0. The molecule has 2 aromatic carbocycles. The average molecular weight is 428 g/mol. The topological polar surface area (TPSA) is 56.0 Å². The number of alkyl halides is 3. The summed E-state index contributed by atoms with van der Waals surface area (Å²) in [5.41, 5.74) is -3.49. The second-order valence-corrected chi connectivity index (χ2v) is 6.57. The predicted molar refractivity (Wildman–Crippen MR) is 101 cm³/mol. The smallest absolute Gasteiger partial charge is 0.380 e. The molecule has 1 aromatic heterocycles. The Bertz CT molecular complexity index is 1170. The number of rotatable bonds is 4. The fourth-order valence-corrected chi connectivity index (χ4v) is 2.97. The monoisotopic (exact) mass is 427 g/mol. The third-order valence-electron chi connectivity index (χ3n) is 4.21. The molecule has 0 atom stereocenters. The Labute approximate surface area is 166 Å². The summed E-state index contributed by atoms with van der Waals surface area (Å²) in [5.74, 6) is -1.03. The SMILES string of the molecule is Cn1c(C(F)(F)F)cc(=O)n(-c2cc(NCc3ccccc3)c(Cl)cc2F)c1=O. The van der Waals surface area contributed by atoms with Crippen LogP contribution < -0.4 is 16.6 Å². The quantitative estimate of drug-likeness (QED) is 0.641. The standard InChI is InChI=1S/C19H14ClF4N3O2/c1-26-16(19(22,23)24)9-17(28)27(18(26)29)15-8-14(12(20)7-13(15)21)25-10-11-5-3-2-4-6-11/h2-9,25H,10H2,1H3. The van der Waals surface area contributed by atoms with Crippen LogP contribution in [0.2, 0.25) is 5.02 Å². The largest absolute Gasteiger partial charge is 0.431 e. The number of nitrogens with zero attached hydrogens (tertiary/aromatic N) is 2. The van der Waals surface area contributed by atoms with E-state index in [1.54, 1.807) is 0 Å². The van der Waals surface area contributed by atoms with E-state index < -0.39 is 34.6 Å². The van der Waals surface area contributed by atoms with Crippen molar-refractivity contribution in [1.82, 2.24) is 9.13 Å². The number of halogens is 5. The first-order valence-corrected chi connectivity index (χ1v) is 8.65. The fraction of sp³-hybridized carbons (Fsp3) is 0.158. The molecule has 0 spiro atoms. The normalized spacial score (nSPS) is 11.5. The van der Waals surface area contributed by atoms with Crippen LogP contribution in [-0.2, 0) is 19.8 Å². The van der Waals surface area contributed by atoms with Gasteiger partial charge in [0.2, 0.25) is 0 Å². The van der Waals surface area contributed by atoms with Crippen LogP contribution in [-0.4, -0.2) is 9.13 Å². The molecule has 0 unspecified atom stereocenters. The number of hydrogen-bond donors (Lipinski definition) is 1. The minimum Gasteiger partial charge on any atom is -0.380 e. The first-order valence-electron chi connectivity index (χ1n) is 8.27. The molecule has 1 heterocycles. The molecule has 0 radical (unpaired) electrons. The van der Waals surface area contributed by atoms with Gasteiger partial charge in [-0.15, -0.1) is 0 Å². The summed E-state index contributed by atoms with van der Waals surface area (Å²) in [7, 11) is 0.851. The molecule has 0 aliphatic rings. The van der Waals surface area contributed by atoms with E-state index in [0.717, 1.165) is 24.7 Å². The summed E-state index contributed by atoms with van der Waals surface area (Å²) in [6, 6.07) is 11.4. The van der Waals surface area contributed by atoms with Gasteiger partial charge in [0.1, 0.15) is 11.5 Å². The molecule has 0 saturated carbocycles. The summed E-state index contributed by atoms with van der Waals surface area (Å²) in [4.78, 5) is 24.6. The van der Waals surface area contributed by atoms with E-state index in [2.05, 4.69) is 5.32 Å². The molecule has 3 aromatic rings. The Morgan fingerprint density at radius 1 is 1.07 bits per heavy atom. The van der Waals surface area contributed by atoms with Gasteiger partial charge in [-0.05, 0) is 17.7 Å². The van der Waals surface area contributed by atoms with Crippen molar-refractivity contribution in [3.05, 3.63) is 91.5 Å². The Kier molecular flexibility index (Phi) is 5.52. The third-order valence-corrected chi connectivity index (χ3v) is 4.53. The molecule has 5 nitrogen and oxygen atoms in total. The maximum absolute atomic E-state index is 14.5. The fourth-order valence-electron chi connectivity index (χ4n) is 2.76. The van der Waals surface area contributed by atoms with Crippen LogP contribution in [0.3, 0.4) is 0 Å². The number of aromatic nitrogens is 2. The Balaban J connectivity index is 2.09. The number of nitrogens with one attached hydrogen (secondary N) is 1. The van der Waals surface area contributed by atoms with Crippen LogP contribution >= 0.6 is 11.6 Å². The summed E-state index contributed by atoms with van der Waals surface area (Å²) in [6.07, 6.45) is -4.91. The maximum Gasteiger partial charge on any atom is 0.431 e. The Morgan fingerprint density at radius 3 is 2.34 bits per heavy atom. The van der Waals surface area contributed by atoms with E-state index in [9.17, 15) is 27.2 Å². The van der Waals surface area contributed by atoms with Crippen molar-refractivity contribution in [3.63, 3.8) is 0 Å². The molecule has 0 bridgehead atoms. The highest BCUT2D eigenvalue weighted by molar-refractivity contribution is 6.33. The van der Waals surface area contributed by atoms with Crippen molar-refractivity contribution < 1.29 is 17.6 Å². The van der Waals surface area contributed by atoms with E-state index in [-0.39, 0.29) is 21.3 Å². The molecule has 1 N–H and O–H groups in total. The minimum absolute atomic E-state index is 0.0148. The van der Waals surface area contributed by atoms with Crippen molar-refractivity contribution in [2.24, 2.45) is 7.05 Å². The highest BCUT2D eigenvalue weighted by atomic mass is 35.5. The molecule has 0 fully saturated rings. The van der Waals surface area contributed by atoms with Gasteiger partial charge in [-0.3, -0.25) is 9.36 Å². The van der Waals surface area contributed by atoms with Gasteiger partial charge >= 0.3 is 11.9 Å². The number of benzene rings is 2. The van der Waals surface area contributed by atoms with E-state index in [1.165, 1.54) is 0 Å². The summed E-state index contributed by atoms with van der Waals surface area (Å²) >= 11 is 6.03. The number of hydrogen-bond acceptors (Lipinski definition) is 3. The molecular weight excluding hydrogens is 414 g/mol. The molecule has 0 saturated heterocycles. The van der Waals surface area contributed by atoms with Crippen LogP contribution in [0.1, 0.15) is 11.3 Å². The third kappa shape index (κ3) is 4.19. The van der Waals surface area contributed by atoms with Gasteiger partial charge in [-0.1, -0.05) is 41.9 Å². The van der Waals surface area contributed by atoms with E-state index in [0.29, 0.717) is 11.1 Å². The molecular formula is C19H14ClF4N3O2. The molecule has 10 heteroatoms. The average Bonchev–Trinajstić information content (AvgIpc) is 2.65. The van der Waals surface area contributed by atoms with Crippen molar-refractivity contribution in [2.45, 2.75) is 12.7 Å². The Morgan fingerprint density at radius 2 is 1.72 bits per heavy atom. The molecule has 29 heavy (non-hydrogen) atoms. The van der Waals surface area contributed by atoms with Crippen LogP contribution in [0.5, 0.6) is 0 Å². The highest BCUT2D eigenvalue weighted by Crippen LogP contribution is 2.29. The van der Waals surface area contributed by atoms with Crippen molar-refractivity contribution >= 4 is 17.3 Å². The zero-order chi connectivity index (χ0) is 21.3. The first kappa shape index (κ1) is 20.7.